The van der Waals surface area contributed by atoms with E-state index >= 15 is 0 Å². The van der Waals surface area contributed by atoms with Crippen molar-refractivity contribution in [2.75, 3.05) is 20.2 Å². The first-order chi connectivity index (χ1) is 10.1. The van der Waals surface area contributed by atoms with E-state index in [0.29, 0.717) is 13.0 Å². The summed E-state index contributed by atoms with van der Waals surface area (Å²) in [5, 5.41) is 0. The van der Waals surface area contributed by atoms with Crippen LogP contribution in [0.25, 0.3) is 0 Å². The lowest BCUT2D eigenvalue weighted by atomic mass is 10.1. The highest BCUT2D eigenvalue weighted by atomic mass is 35.5. The second-order valence-electron chi connectivity index (χ2n) is 5.32. The van der Waals surface area contributed by atoms with E-state index in [1.165, 1.54) is 0 Å². The molecule has 2 atom stereocenters. The van der Waals surface area contributed by atoms with Crippen LogP contribution >= 0.6 is 12.4 Å². The van der Waals surface area contributed by atoms with Gasteiger partial charge in [-0.2, -0.15) is 0 Å². The van der Waals surface area contributed by atoms with E-state index in [9.17, 15) is 4.79 Å². The number of halogens is 1. The zero-order valence-electron chi connectivity index (χ0n) is 13.8. The first kappa shape index (κ1) is 20.9. The van der Waals surface area contributed by atoms with Crippen molar-refractivity contribution in [1.29, 1.82) is 0 Å². The van der Waals surface area contributed by atoms with Crippen molar-refractivity contribution in [2.45, 2.75) is 45.3 Å². The van der Waals surface area contributed by atoms with Crippen LogP contribution in [0.2, 0.25) is 0 Å². The van der Waals surface area contributed by atoms with E-state index in [-0.39, 0.29) is 30.5 Å². The molecule has 0 saturated carbocycles. The van der Waals surface area contributed by atoms with Gasteiger partial charge in [0.2, 0.25) is 5.91 Å². The number of ether oxygens (including phenoxy) is 1. The molecule has 1 amide bonds. The van der Waals surface area contributed by atoms with Gasteiger partial charge >= 0.3 is 0 Å². The van der Waals surface area contributed by atoms with E-state index in [1.54, 1.807) is 7.11 Å². The maximum atomic E-state index is 12.6. The van der Waals surface area contributed by atoms with Gasteiger partial charge in [0.05, 0.1) is 18.6 Å². The zero-order valence-corrected chi connectivity index (χ0v) is 14.6. The molecule has 0 spiro atoms. The Bertz CT molecular complexity index is 410. The standard InChI is InChI=1S/C17H28N2O2.ClH/c1-4-5-11-19(17(20)12-16(13-18)21-3)14(2)15-9-7-6-8-10-15;/h6-10,14,16H,4-5,11-13,18H2,1-3H3;1H. The van der Waals surface area contributed by atoms with Crippen LogP contribution in [0.3, 0.4) is 0 Å². The first-order valence-corrected chi connectivity index (χ1v) is 7.71. The normalized spacial score (nSPS) is 13.1. The summed E-state index contributed by atoms with van der Waals surface area (Å²) >= 11 is 0. The SMILES string of the molecule is CCCCN(C(=O)CC(CN)OC)C(C)c1ccccc1.Cl. The fourth-order valence-electron chi connectivity index (χ4n) is 2.35. The van der Waals surface area contributed by atoms with Crippen molar-refractivity contribution < 1.29 is 9.53 Å². The highest BCUT2D eigenvalue weighted by Gasteiger charge is 2.23. The molecule has 2 unspecified atom stereocenters. The Morgan fingerprint density at radius 3 is 2.45 bits per heavy atom. The van der Waals surface area contributed by atoms with Gasteiger partial charge in [-0.25, -0.2) is 0 Å². The minimum absolute atomic E-state index is 0. The fourth-order valence-corrected chi connectivity index (χ4v) is 2.35. The van der Waals surface area contributed by atoms with Gasteiger partial charge in [-0.1, -0.05) is 43.7 Å². The number of hydrogen-bond donors (Lipinski definition) is 1. The van der Waals surface area contributed by atoms with Crippen molar-refractivity contribution in [1.82, 2.24) is 4.90 Å². The third kappa shape index (κ3) is 6.34. The number of rotatable bonds is 9. The molecular weight excluding hydrogens is 300 g/mol. The lowest BCUT2D eigenvalue weighted by Crippen LogP contribution is -2.38. The lowest BCUT2D eigenvalue weighted by Gasteiger charge is -2.31. The highest BCUT2D eigenvalue weighted by Crippen LogP contribution is 2.22. The molecule has 0 bridgehead atoms. The van der Waals surface area contributed by atoms with Gasteiger partial charge in [-0.05, 0) is 18.9 Å². The predicted octanol–water partition coefficient (Wildman–Crippen LogP) is 3.16. The Balaban J connectivity index is 0.00000441. The van der Waals surface area contributed by atoms with Gasteiger partial charge in [-0.3, -0.25) is 4.79 Å². The van der Waals surface area contributed by atoms with E-state index in [4.69, 9.17) is 10.5 Å². The molecule has 4 nitrogen and oxygen atoms in total. The van der Waals surface area contributed by atoms with Gasteiger partial charge < -0.3 is 15.4 Å². The van der Waals surface area contributed by atoms with Gasteiger partial charge in [0.15, 0.2) is 0 Å². The number of methoxy groups -OCH3 is 1. The number of nitrogens with two attached hydrogens (primary N) is 1. The Morgan fingerprint density at radius 1 is 1.32 bits per heavy atom. The molecule has 0 aliphatic heterocycles. The first-order valence-electron chi connectivity index (χ1n) is 7.71. The largest absolute Gasteiger partial charge is 0.380 e. The number of amides is 1. The van der Waals surface area contributed by atoms with Crippen molar-refractivity contribution in [3.8, 4) is 0 Å². The maximum Gasteiger partial charge on any atom is 0.225 e. The van der Waals surface area contributed by atoms with Crippen molar-refractivity contribution in [2.24, 2.45) is 5.73 Å². The number of carbonyl (C=O) groups is 1. The molecule has 1 aromatic rings. The molecule has 0 aromatic heterocycles. The third-order valence-corrected chi connectivity index (χ3v) is 3.82. The van der Waals surface area contributed by atoms with Crippen LogP contribution in [-0.4, -0.2) is 37.1 Å². The van der Waals surface area contributed by atoms with Crippen LogP contribution in [0.4, 0.5) is 0 Å². The summed E-state index contributed by atoms with van der Waals surface area (Å²) in [5.74, 6) is 0.108. The molecule has 0 aliphatic carbocycles. The van der Waals surface area contributed by atoms with Gasteiger partial charge in [0, 0.05) is 20.2 Å². The molecule has 0 aliphatic rings. The monoisotopic (exact) mass is 328 g/mol. The van der Waals surface area contributed by atoms with E-state index in [1.807, 2.05) is 23.1 Å². The molecule has 1 rings (SSSR count). The third-order valence-electron chi connectivity index (χ3n) is 3.82. The van der Waals surface area contributed by atoms with Crippen molar-refractivity contribution in [3.05, 3.63) is 35.9 Å². The lowest BCUT2D eigenvalue weighted by molar-refractivity contribution is -0.136. The summed E-state index contributed by atoms with van der Waals surface area (Å²) in [6.07, 6.45) is 2.21. The number of benzene rings is 1. The summed E-state index contributed by atoms with van der Waals surface area (Å²) in [6.45, 7) is 5.34. The Hall–Kier alpha value is -1.10. The van der Waals surface area contributed by atoms with Gasteiger partial charge in [0.1, 0.15) is 0 Å². The molecule has 1 aromatic carbocycles. The molecule has 2 N–H and O–H groups in total. The van der Waals surface area contributed by atoms with Crippen LogP contribution in [0.1, 0.15) is 44.7 Å². The second-order valence-corrected chi connectivity index (χ2v) is 5.32. The second kappa shape index (κ2) is 11.5. The summed E-state index contributed by atoms with van der Waals surface area (Å²) in [7, 11) is 1.60. The zero-order chi connectivity index (χ0) is 15.7. The summed E-state index contributed by atoms with van der Waals surface area (Å²) in [6, 6.07) is 10.2. The number of carbonyl (C=O) groups excluding carboxylic acids is 1. The van der Waals surface area contributed by atoms with Gasteiger partial charge in [0.25, 0.3) is 0 Å². The molecule has 0 heterocycles. The van der Waals surface area contributed by atoms with E-state index in [2.05, 4.69) is 26.0 Å². The fraction of sp³-hybridized carbons (Fsp3) is 0.588. The molecule has 126 valence electrons. The number of hydrogen-bond acceptors (Lipinski definition) is 3. The Labute approximate surface area is 140 Å². The van der Waals surface area contributed by atoms with E-state index < -0.39 is 0 Å². The predicted molar refractivity (Wildman–Crippen MR) is 93.2 cm³/mol. The molecule has 5 heteroatoms. The molecule has 0 fully saturated rings. The topological polar surface area (TPSA) is 55.6 Å². The Morgan fingerprint density at radius 2 is 1.95 bits per heavy atom. The summed E-state index contributed by atoms with van der Waals surface area (Å²) in [4.78, 5) is 14.5. The van der Waals surface area contributed by atoms with Crippen LogP contribution in [-0.2, 0) is 9.53 Å². The van der Waals surface area contributed by atoms with Crippen molar-refractivity contribution >= 4 is 18.3 Å². The number of unbranched alkanes of at least 4 members (excludes halogenated alkanes) is 1. The summed E-state index contributed by atoms with van der Waals surface area (Å²) in [5.41, 5.74) is 6.78. The van der Waals surface area contributed by atoms with Crippen LogP contribution in [0.5, 0.6) is 0 Å². The minimum atomic E-state index is -0.204. The van der Waals surface area contributed by atoms with Crippen LogP contribution in [0.15, 0.2) is 30.3 Å². The minimum Gasteiger partial charge on any atom is -0.380 e. The number of nitrogens with zero attached hydrogens (tertiary/aromatic N) is 1. The maximum absolute atomic E-state index is 12.6. The van der Waals surface area contributed by atoms with Crippen LogP contribution in [0, 0.1) is 0 Å². The molecule has 0 radical (unpaired) electrons. The average Bonchev–Trinajstić information content (AvgIpc) is 2.53. The molecule has 0 saturated heterocycles. The van der Waals surface area contributed by atoms with E-state index in [0.717, 1.165) is 24.9 Å². The summed E-state index contributed by atoms with van der Waals surface area (Å²) < 4.78 is 5.24. The van der Waals surface area contributed by atoms with Crippen molar-refractivity contribution in [3.63, 3.8) is 0 Å². The van der Waals surface area contributed by atoms with Crippen LogP contribution < -0.4 is 5.73 Å². The smallest absolute Gasteiger partial charge is 0.225 e. The molecule has 22 heavy (non-hydrogen) atoms. The average molecular weight is 329 g/mol. The van der Waals surface area contributed by atoms with Gasteiger partial charge in [-0.15, -0.1) is 12.4 Å². The molecular formula is C17H29ClN2O2. The highest BCUT2D eigenvalue weighted by molar-refractivity contribution is 5.85. The Kier molecular flexibility index (Phi) is 10.9. The quantitative estimate of drug-likeness (QED) is 0.757.